The van der Waals surface area contributed by atoms with Crippen molar-refractivity contribution in [2.45, 2.75) is 31.6 Å². The molecule has 1 aromatic heterocycles. The summed E-state index contributed by atoms with van der Waals surface area (Å²) in [6, 6.07) is 7.06. The van der Waals surface area contributed by atoms with E-state index in [1.54, 1.807) is 23.6 Å². The number of carbonyl (C=O) groups excluding carboxylic acids is 2. The van der Waals surface area contributed by atoms with Crippen molar-refractivity contribution >= 4 is 34.1 Å². The first kappa shape index (κ1) is 19.8. The Morgan fingerprint density at radius 1 is 1.06 bits per heavy atom. The number of carboxylic acid groups (broad SMARTS) is 1. The van der Waals surface area contributed by atoms with Crippen molar-refractivity contribution in [2.24, 2.45) is 11.8 Å². The van der Waals surface area contributed by atoms with E-state index in [2.05, 4.69) is 10.6 Å². The summed E-state index contributed by atoms with van der Waals surface area (Å²) in [5, 5.41) is 17.2. The van der Waals surface area contributed by atoms with Gasteiger partial charge >= 0.3 is 5.97 Å². The number of hydrogen-bond donors (Lipinski definition) is 3. The summed E-state index contributed by atoms with van der Waals surface area (Å²) in [4.78, 5) is 37.2. The molecule has 0 unspecified atom stereocenters. The summed E-state index contributed by atoms with van der Waals surface area (Å²) < 4.78 is 16.3. The van der Waals surface area contributed by atoms with Gasteiger partial charge in [0.2, 0.25) is 12.7 Å². The first-order valence-corrected chi connectivity index (χ1v) is 10.8. The van der Waals surface area contributed by atoms with E-state index in [1.165, 1.54) is 11.3 Å². The molecule has 0 radical (unpaired) electrons. The zero-order chi connectivity index (χ0) is 21.5. The van der Waals surface area contributed by atoms with Crippen LogP contribution in [-0.4, -0.2) is 41.9 Å². The third-order valence-electron chi connectivity index (χ3n) is 5.90. The predicted molar refractivity (Wildman–Crippen MR) is 109 cm³/mol. The van der Waals surface area contributed by atoms with Crippen LogP contribution in [-0.2, 0) is 20.9 Å². The molecule has 2 fully saturated rings. The maximum Gasteiger partial charge on any atom is 0.310 e. The van der Waals surface area contributed by atoms with Crippen LogP contribution < -0.4 is 20.1 Å². The Hall–Kier alpha value is -3.11. The van der Waals surface area contributed by atoms with Crippen molar-refractivity contribution in [1.82, 2.24) is 5.32 Å². The van der Waals surface area contributed by atoms with Gasteiger partial charge in [0.25, 0.3) is 5.91 Å². The van der Waals surface area contributed by atoms with E-state index in [9.17, 15) is 19.5 Å². The lowest BCUT2D eigenvalue weighted by atomic mass is 9.79. The average Bonchev–Trinajstić information content (AvgIpc) is 3.54. The molecule has 3 aliphatic rings. The Balaban J connectivity index is 1.24. The molecule has 2 bridgehead atoms. The highest BCUT2D eigenvalue weighted by Gasteiger charge is 2.55. The molecule has 9 nitrogen and oxygen atoms in total. The van der Waals surface area contributed by atoms with Crippen LogP contribution in [0.5, 0.6) is 11.5 Å². The third-order valence-corrected chi connectivity index (χ3v) is 6.73. The van der Waals surface area contributed by atoms with Crippen molar-refractivity contribution in [3.8, 4) is 11.5 Å². The molecule has 0 saturated carbocycles. The topological polar surface area (TPSA) is 123 Å². The maximum absolute atomic E-state index is 12.9. The number of anilines is 1. The Labute approximate surface area is 181 Å². The fraction of sp³-hybridized carbons (Fsp3) is 0.381. The first-order chi connectivity index (χ1) is 15.0. The highest BCUT2D eigenvalue weighted by molar-refractivity contribution is 7.14. The fourth-order valence-corrected chi connectivity index (χ4v) is 5.22. The van der Waals surface area contributed by atoms with E-state index in [1.807, 2.05) is 6.07 Å². The van der Waals surface area contributed by atoms with Gasteiger partial charge in [0.1, 0.15) is 5.00 Å². The highest BCUT2D eigenvalue weighted by atomic mass is 32.1. The van der Waals surface area contributed by atoms with E-state index < -0.39 is 35.9 Å². The first-order valence-electron chi connectivity index (χ1n) is 9.94. The SMILES string of the molecule is O=C(NCc1ccc2c(c1)OCO2)c1ccsc1NC(=O)[C@H]1[C@@H](C(=O)O)[C@H]2CC[C@H]1O2. The number of nitrogens with one attached hydrogen (secondary N) is 2. The van der Waals surface area contributed by atoms with Crippen LogP contribution in [0.1, 0.15) is 28.8 Å². The van der Waals surface area contributed by atoms with Crippen LogP contribution in [0.2, 0.25) is 0 Å². The zero-order valence-electron chi connectivity index (χ0n) is 16.3. The Morgan fingerprint density at radius 2 is 1.84 bits per heavy atom. The molecule has 3 N–H and O–H groups in total. The van der Waals surface area contributed by atoms with Gasteiger partial charge in [-0.05, 0) is 42.0 Å². The number of amides is 2. The molecule has 2 saturated heterocycles. The number of fused-ring (bicyclic) bond motifs is 3. The van der Waals surface area contributed by atoms with E-state index in [4.69, 9.17) is 14.2 Å². The number of benzene rings is 1. The van der Waals surface area contributed by atoms with Gasteiger partial charge < -0.3 is 30.0 Å². The van der Waals surface area contributed by atoms with Gasteiger partial charge in [0.05, 0.1) is 29.6 Å². The molecule has 3 aliphatic heterocycles. The largest absolute Gasteiger partial charge is 0.481 e. The molecule has 2 aromatic rings. The lowest BCUT2D eigenvalue weighted by Crippen LogP contribution is -2.41. The molecule has 4 atom stereocenters. The smallest absolute Gasteiger partial charge is 0.310 e. The Morgan fingerprint density at radius 3 is 2.65 bits per heavy atom. The van der Waals surface area contributed by atoms with E-state index in [0.29, 0.717) is 34.9 Å². The second-order valence-corrected chi connectivity index (χ2v) is 8.62. The minimum atomic E-state index is -1.03. The standard InChI is InChI=1S/C21H20N2O7S/c24-18(22-8-10-1-2-12-15(7-10)29-9-28-12)11-5-6-31-20(11)23-19(25)16-13-3-4-14(30-13)17(16)21(26)27/h1-2,5-7,13-14,16-17H,3-4,8-9H2,(H,22,24)(H,23,25)(H,26,27)/t13-,14-,16-,17+/m1/s1. The number of ether oxygens (including phenoxy) is 3. The van der Waals surface area contributed by atoms with Gasteiger partial charge in [-0.15, -0.1) is 11.3 Å². The van der Waals surface area contributed by atoms with Crippen LogP contribution in [0.3, 0.4) is 0 Å². The quantitative estimate of drug-likeness (QED) is 0.624. The molecule has 0 spiro atoms. The van der Waals surface area contributed by atoms with Gasteiger partial charge in [-0.2, -0.15) is 0 Å². The van der Waals surface area contributed by atoms with Crippen molar-refractivity contribution in [3.63, 3.8) is 0 Å². The number of aliphatic carboxylic acids is 1. The number of hydrogen-bond acceptors (Lipinski definition) is 7. The van der Waals surface area contributed by atoms with Crippen molar-refractivity contribution < 1.29 is 33.7 Å². The maximum atomic E-state index is 12.9. The Bertz CT molecular complexity index is 1050. The summed E-state index contributed by atoms with van der Waals surface area (Å²) in [7, 11) is 0. The lowest BCUT2D eigenvalue weighted by Gasteiger charge is -2.23. The van der Waals surface area contributed by atoms with E-state index >= 15 is 0 Å². The van der Waals surface area contributed by atoms with Crippen molar-refractivity contribution in [3.05, 3.63) is 40.8 Å². The summed E-state index contributed by atoms with van der Waals surface area (Å²) in [6.07, 6.45) is 0.498. The van der Waals surface area contributed by atoms with Gasteiger partial charge in [-0.1, -0.05) is 6.07 Å². The molecule has 31 heavy (non-hydrogen) atoms. The molecule has 10 heteroatoms. The summed E-state index contributed by atoms with van der Waals surface area (Å²) in [5.74, 6) is -2.11. The number of carboxylic acids is 1. The number of carbonyl (C=O) groups is 3. The molecule has 0 aliphatic carbocycles. The monoisotopic (exact) mass is 444 g/mol. The molecule has 1 aromatic carbocycles. The van der Waals surface area contributed by atoms with E-state index in [0.717, 1.165) is 5.56 Å². The highest BCUT2D eigenvalue weighted by Crippen LogP contribution is 2.44. The molecular formula is C21H20N2O7S. The van der Waals surface area contributed by atoms with Gasteiger partial charge in [-0.3, -0.25) is 14.4 Å². The van der Waals surface area contributed by atoms with Crippen LogP contribution in [0, 0.1) is 11.8 Å². The summed E-state index contributed by atoms with van der Waals surface area (Å²) >= 11 is 1.22. The lowest BCUT2D eigenvalue weighted by molar-refractivity contribution is -0.147. The third kappa shape index (κ3) is 3.61. The van der Waals surface area contributed by atoms with Crippen LogP contribution in [0.15, 0.2) is 29.6 Å². The number of rotatable bonds is 6. The summed E-state index contributed by atoms with van der Waals surface area (Å²) in [6.45, 7) is 0.458. The normalized spacial score (nSPS) is 25.4. The second kappa shape index (κ2) is 7.86. The molecule has 5 rings (SSSR count). The van der Waals surface area contributed by atoms with Gasteiger partial charge in [0, 0.05) is 6.54 Å². The predicted octanol–water partition coefficient (Wildman–Crippen LogP) is 2.22. The van der Waals surface area contributed by atoms with Gasteiger partial charge in [0.15, 0.2) is 11.5 Å². The second-order valence-electron chi connectivity index (χ2n) is 7.70. The molecular weight excluding hydrogens is 424 g/mol. The molecule has 162 valence electrons. The average molecular weight is 444 g/mol. The molecule has 4 heterocycles. The number of thiophene rings is 1. The minimum absolute atomic E-state index is 0.180. The fourth-order valence-electron chi connectivity index (χ4n) is 4.43. The zero-order valence-corrected chi connectivity index (χ0v) is 17.1. The van der Waals surface area contributed by atoms with Crippen molar-refractivity contribution in [1.29, 1.82) is 0 Å². The summed E-state index contributed by atoms with van der Waals surface area (Å²) in [5.41, 5.74) is 1.18. The van der Waals surface area contributed by atoms with Crippen LogP contribution in [0.25, 0.3) is 0 Å². The van der Waals surface area contributed by atoms with Gasteiger partial charge in [-0.25, -0.2) is 0 Å². The van der Waals surface area contributed by atoms with Crippen LogP contribution in [0.4, 0.5) is 5.00 Å². The molecule has 2 amide bonds. The Kier molecular flexibility index (Phi) is 5.03. The van der Waals surface area contributed by atoms with E-state index in [-0.39, 0.29) is 19.2 Å². The minimum Gasteiger partial charge on any atom is -0.481 e. The van der Waals surface area contributed by atoms with Crippen molar-refractivity contribution in [2.75, 3.05) is 12.1 Å². The van der Waals surface area contributed by atoms with Crippen LogP contribution >= 0.6 is 11.3 Å².